The van der Waals surface area contributed by atoms with Gasteiger partial charge in [0.05, 0.1) is 23.8 Å². The lowest BCUT2D eigenvalue weighted by molar-refractivity contribution is -0.0506. The van der Waals surface area contributed by atoms with Crippen molar-refractivity contribution >= 4 is 17.5 Å². The standard InChI is InChI=1S/C22H21ClF3N3O2/c1-3-17(16-6-4-5-7-18(16)31-22(25)26)27-21(30)19-13(2)28-29(20(19)23)12-14-8-10-15(24)11-9-14/h4-11,17,22H,3,12H2,1-2H3,(H,27,30). The van der Waals surface area contributed by atoms with Gasteiger partial charge in [0.1, 0.15) is 16.7 Å². The molecule has 0 saturated heterocycles. The van der Waals surface area contributed by atoms with Gasteiger partial charge in [-0.25, -0.2) is 9.07 Å². The first-order valence-electron chi connectivity index (χ1n) is 9.62. The van der Waals surface area contributed by atoms with E-state index in [1.54, 1.807) is 37.3 Å². The summed E-state index contributed by atoms with van der Waals surface area (Å²) < 4.78 is 44.7. The molecular formula is C22H21ClF3N3O2. The molecule has 0 aliphatic rings. The zero-order chi connectivity index (χ0) is 22.5. The van der Waals surface area contributed by atoms with Crippen LogP contribution >= 0.6 is 11.6 Å². The van der Waals surface area contributed by atoms with Crippen molar-refractivity contribution in [1.29, 1.82) is 0 Å². The topological polar surface area (TPSA) is 56.2 Å². The molecule has 3 aromatic rings. The highest BCUT2D eigenvalue weighted by Crippen LogP contribution is 2.29. The number of hydrogen-bond acceptors (Lipinski definition) is 3. The molecular weight excluding hydrogens is 431 g/mol. The van der Waals surface area contributed by atoms with Crippen LogP contribution in [-0.4, -0.2) is 22.3 Å². The van der Waals surface area contributed by atoms with Crippen LogP contribution in [0.2, 0.25) is 5.15 Å². The molecule has 1 N–H and O–H groups in total. The van der Waals surface area contributed by atoms with Crippen LogP contribution in [0.4, 0.5) is 13.2 Å². The average Bonchev–Trinajstić information content (AvgIpc) is 3.01. The van der Waals surface area contributed by atoms with Gasteiger partial charge >= 0.3 is 6.61 Å². The number of aryl methyl sites for hydroxylation is 1. The quantitative estimate of drug-likeness (QED) is 0.491. The first kappa shape index (κ1) is 22.7. The van der Waals surface area contributed by atoms with E-state index in [9.17, 15) is 18.0 Å². The molecule has 1 heterocycles. The number of aromatic nitrogens is 2. The second-order valence-electron chi connectivity index (χ2n) is 6.89. The smallest absolute Gasteiger partial charge is 0.387 e. The maximum Gasteiger partial charge on any atom is 0.387 e. The lowest BCUT2D eigenvalue weighted by Crippen LogP contribution is -2.29. The van der Waals surface area contributed by atoms with Crippen molar-refractivity contribution in [2.24, 2.45) is 0 Å². The van der Waals surface area contributed by atoms with Crippen LogP contribution in [0.25, 0.3) is 0 Å². The van der Waals surface area contributed by atoms with Crippen LogP contribution < -0.4 is 10.1 Å². The van der Waals surface area contributed by atoms with Gasteiger partial charge in [-0.15, -0.1) is 0 Å². The zero-order valence-electron chi connectivity index (χ0n) is 16.9. The largest absolute Gasteiger partial charge is 0.434 e. The molecule has 0 fully saturated rings. The highest BCUT2D eigenvalue weighted by Gasteiger charge is 2.24. The van der Waals surface area contributed by atoms with Crippen molar-refractivity contribution in [3.63, 3.8) is 0 Å². The maximum absolute atomic E-state index is 13.1. The van der Waals surface area contributed by atoms with Gasteiger partial charge in [-0.3, -0.25) is 4.79 Å². The molecule has 5 nitrogen and oxygen atoms in total. The Morgan fingerprint density at radius 2 is 1.87 bits per heavy atom. The Morgan fingerprint density at radius 3 is 2.52 bits per heavy atom. The van der Waals surface area contributed by atoms with Crippen molar-refractivity contribution in [2.45, 2.75) is 39.5 Å². The van der Waals surface area contributed by atoms with Crippen LogP contribution in [-0.2, 0) is 6.54 Å². The van der Waals surface area contributed by atoms with Crippen LogP contribution in [0, 0.1) is 12.7 Å². The third kappa shape index (κ3) is 5.38. The molecule has 0 radical (unpaired) electrons. The molecule has 0 aliphatic heterocycles. The monoisotopic (exact) mass is 451 g/mol. The number of carbonyl (C=O) groups excluding carboxylic acids is 1. The molecule has 31 heavy (non-hydrogen) atoms. The second-order valence-corrected chi connectivity index (χ2v) is 7.24. The number of ether oxygens (including phenoxy) is 1. The van der Waals surface area contributed by atoms with E-state index in [1.165, 1.54) is 22.9 Å². The van der Waals surface area contributed by atoms with Crippen molar-refractivity contribution in [3.05, 3.63) is 81.9 Å². The predicted molar refractivity (Wildman–Crippen MR) is 111 cm³/mol. The van der Waals surface area contributed by atoms with Gasteiger partial charge in [0.15, 0.2) is 0 Å². The Morgan fingerprint density at radius 1 is 1.19 bits per heavy atom. The summed E-state index contributed by atoms with van der Waals surface area (Å²) in [4.78, 5) is 13.0. The van der Waals surface area contributed by atoms with Gasteiger partial charge in [0.25, 0.3) is 5.91 Å². The number of nitrogens with one attached hydrogen (secondary N) is 1. The van der Waals surface area contributed by atoms with Gasteiger partial charge < -0.3 is 10.1 Å². The minimum Gasteiger partial charge on any atom is -0.434 e. The number of amides is 1. The van der Waals surface area contributed by atoms with E-state index in [0.717, 1.165) is 5.56 Å². The lowest BCUT2D eigenvalue weighted by atomic mass is 10.0. The summed E-state index contributed by atoms with van der Waals surface area (Å²) in [6.45, 7) is 0.749. The summed E-state index contributed by atoms with van der Waals surface area (Å²) in [5, 5.41) is 7.28. The Labute approximate surface area is 182 Å². The molecule has 2 aromatic carbocycles. The molecule has 1 amide bonds. The molecule has 0 aliphatic carbocycles. The molecule has 1 unspecified atom stereocenters. The van der Waals surface area contributed by atoms with Crippen LogP contribution in [0.3, 0.4) is 0 Å². The SMILES string of the molecule is CCC(NC(=O)c1c(C)nn(Cc2ccc(F)cc2)c1Cl)c1ccccc1OC(F)F. The molecule has 0 saturated carbocycles. The van der Waals surface area contributed by atoms with Crippen molar-refractivity contribution < 1.29 is 22.7 Å². The summed E-state index contributed by atoms with van der Waals surface area (Å²) in [6.07, 6.45) is 0.440. The molecule has 3 rings (SSSR count). The summed E-state index contributed by atoms with van der Waals surface area (Å²) in [5.74, 6) is -0.834. The molecule has 9 heteroatoms. The molecule has 0 spiro atoms. The molecule has 0 bridgehead atoms. The van der Waals surface area contributed by atoms with E-state index < -0.39 is 18.6 Å². The van der Waals surface area contributed by atoms with Gasteiger partial charge in [0, 0.05) is 5.56 Å². The van der Waals surface area contributed by atoms with Crippen molar-refractivity contribution in [1.82, 2.24) is 15.1 Å². The molecule has 1 atom stereocenters. The number of benzene rings is 2. The Hall–Kier alpha value is -3.00. The number of carbonyl (C=O) groups is 1. The summed E-state index contributed by atoms with van der Waals surface area (Å²) in [5.41, 5.74) is 1.81. The minimum atomic E-state index is -2.98. The Kier molecular flexibility index (Phi) is 7.22. The molecule has 164 valence electrons. The van der Waals surface area contributed by atoms with Crippen molar-refractivity contribution in [2.75, 3.05) is 0 Å². The van der Waals surface area contributed by atoms with Gasteiger partial charge in [0.2, 0.25) is 0 Å². The van der Waals surface area contributed by atoms with Crippen LogP contribution in [0.1, 0.15) is 46.6 Å². The zero-order valence-corrected chi connectivity index (χ0v) is 17.7. The van der Waals surface area contributed by atoms with E-state index in [1.807, 2.05) is 6.92 Å². The average molecular weight is 452 g/mol. The second kappa shape index (κ2) is 9.87. The fourth-order valence-corrected chi connectivity index (χ4v) is 3.60. The predicted octanol–water partition coefficient (Wildman–Crippen LogP) is 5.51. The number of alkyl halides is 2. The fraction of sp³-hybridized carbons (Fsp3) is 0.273. The first-order chi connectivity index (χ1) is 14.8. The number of nitrogens with zero attached hydrogens (tertiary/aromatic N) is 2. The Bertz CT molecular complexity index is 1050. The highest BCUT2D eigenvalue weighted by atomic mass is 35.5. The van der Waals surface area contributed by atoms with E-state index in [0.29, 0.717) is 17.7 Å². The number of hydrogen-bond donors (Lipinski definition) is 1. The van der Waals surface area contributed by atoms with Crippen LogP contribution in [0.5, 0.6) is 5.75 Å². The number of halogens is 4. The summed E-state index contributed by atoms with van der Waals surface area (Å²) in [6, 6.07) is 11.6. The number of rotatable bonds is 8. The van der Waals surface area contributed by atoms with E-state index in [-0.39, 0.29) is 28.8 Å². The van der Waals surface area contributed by atoms with Gasteiger partial charge in [-0.1, -0.05) is 48.9 Å². The van der Waals surface area contributed by atoms with Crippen molar-refractivity contribution in [3.8, 4) is 5.75 Å². The highest BCUT2D eigenvalue weighted by molar-refractivity contribution is 6.33. The van der Waals surface area contributed by atoms with Gasteiger partial charge in [-0.2, -0.15) is 13.9 Å². The summed E-state index contributed by atoms with van der Waals surface area (Å²) >= 11 is 6.42. The van der Waals surface area contributed by atoms with E-state index in [4.69, 9.17) is 11.6 Å². The van der Waals surface area contributed by atoms with E-state index in [2.05, 4.69) is 15.2 Å². The maximum atomic E-state index is 13.1. The normalized spacial score (nSPS) is 12.1. The minimum absolute atomic E-state index is 0.000487. The Balaban J connectivity index is 1.83. The van der Waals surface area contributed by atoms with Gasteiger partial charge in [-0.05, 0) is 37.1 Å². The third-order valence-corrected chi connectivity index (χ3v) is 5.15. The molecule has 1 aromatic heterocycles. The first-order valence-corrected chi connectivity index (χ1v) is 9.99. The fourth-order valence-electron chi connectivity index (χ4n) is 3.28. The third-order valence-electron chi connectivity index (χ3n) is 4.76. The van der Waals surface area contributed by atoms with E-state index >= 15 is 0 Å². The summed E-state index contributed by atoms with van der Waals surface area (Å²) in [7, 11) is 0. The number of para-hydroxylation sites is 1. The van der Waals surface area contributed by atoms with Crippen LogP contribution in [0.15, 0.2) is 48.5 Å². The lowest BCUT2D eigenvalue weighted by Gasteiger charge is -2.20.